The Bertz CT molecular complexity index is 698. The van der Waals surface area contributed by atoms with E-state index >= 15 is 0 Å². The molecule has 0 unspecified atom stereocenters. The Morgan fingerprint density at radius 1 is 1.04 bits per heavy atom. The number of anilines is 1. The minimum absolute atomic E-state index is 0.180. The predicted molar refractivity (Wildman–Crippen MR) is 91.6 cm³/mol. The van der Waals surface area contributed by atoms with Crippen LogP contribution in [0.4, 0.5) is 5.69 Å². The van der Waals surface area contributed by atoms with E-state index in [0.29, 0.717) is 30.2 Å². The lowest BCUT2D eigenvalue weighted by atomic mass is 10.2. The smallest absolute Gasteiger partial charge is 0.251 e. The third kappa shape index (κ3) is 5.31. The highest BCUT2D eigenvalue weighted by atomic mass is 16.5. The Balaban J connectivity index is 1.79. The molecule has 2 aromatic rings. The summed E-state index contributed by atoms with van der Waals surface area (Å²) < 4.78 is 10.6. The summed E-state index contributed by atoms with van der Waals surface area (Å²) in [6.07, 6.45) is 0. The van der Waals surface area contributed by atoms with Crippen molar-refractivity contribution >= 4 is 17.5 Å². The molecule has 2 rings (SSSR count). The summed E-state index contributed by atoms with van der Waals surface area (Å²) in [6, 6.07) is 14.0. The summed E-state index contributed by atoms with van der Waals surface area (Å²) in [7, 11) is 1.60. The number of rotatable bonds is 7. The van der Waals surface area contributed by atoms with Gasteiger partial charge in [0.2, 0.25) is 5.91 Å². The van der Waals surface area contributed by atoms with Crippen LogP contribution < -0.4 is 20.1 Å². The molecule has 0 aromatic heterocycles. The summed E-state index contributed by atoms with van der Waals surface area (Å²) >= 11 is 0. The molecule has 0 radical (unpaired) electrons. The number of carbonyl (C=O) groups excluding carboxylic acids is 2. The van der Waals surface area contributed by atoms with E-state index in [1.54, 1.807) is 55.6 Å². The molecule has 0 saturated carbocycles. The van der Waals surface area contributed by atoms with Crippen molar-refractivity contribution in [2.75, 3.05) is 25.6 Å². The van der Waals surface area contributed by atoms with Crippen molar-refractivity contribution in [1.82, 2.24) is 5.32 Å². The highest BCUT2D eigenvalue weighted by Gasteiger charge is 2.06. The van der Waals surface area contributed by atoms with E-state index in [1.807, 2.05) is 0 Å². The molecule has 2 N–H and O–H groups in total. The Kier molecular flexibility index (Phi) is 6.19. The van der Waals surface area contributed by atoms with Gasteiger partial charge in [-0.05, 0) is 42.5 Å². The van der Waals surface area contributed by atoms with E-state index in [9.17, 15) is 9.59 Å². The lowest BCUT2D eigenvalue weighted by molar-refractivity contribution is -0.114. The van der Waals surface area contributed by atoms with Crippen LogP contribution in [0.5, 0.6) is 11.5 Å². The average Bonchev–Trinajstić information content (AvgIpc) is 2.58. The minimum atomic E-state index is -0.222. The zero-order valence-corrected chi connectivity index (χ0v) is 13.7. The van der Waals surface area contributed by atoms with Gasteiger partial charge in [-0.1, -0.05) is 6.07 Å². The number of hydrogen-bond donors (Lipinski definition) is 2. The first-order valence-electron chi connectivity index (χ1n) is 7.51. The number of nitrogens with one attached hydrogen (secondary N) is 2. The molecular formula is C18H20N2O4. The molecule has 0 spiro atoms. The lowest BCUT2D eigenvalue weighted by Crippen LogP contribution is -2.28. The summed E-state index contributed by atoms with van der Waals surface area (Å²) in [6.45, 7) is 2.14. The molecule has 0 fully saturated rings. The Morgan fingerprint density at radius 2 is 1.75 bits per heavy atom. The topological polar surface area (TPSA) is 76.7 Å². The fourth-order valence-electron chi connectivity index (χ4n) is 2.05. The quantitative estimate of drug-likeness (QED) is 0.766. The van der Waals surface area contributed by atoms with Crippen LogP contribution in [-0.2, 0) is 4.79 Å². The zero-order chi connectivity index (χ0) is 17.4. The van der Waals surface area contributed by atoms with Crippen molar-refractivity contribution < 1.29 is 19.1 Å². The molecular weight excluding hydrogens is 308 g/mol. The van der Waals surface area contributed by atoms with E-state index in [0.717, 1.165) is 5.75 Å². The molecule has 0 atom stereocenters. The van der Waals surface area contributed by atoms with Gasteiger partial charge in [0.15, 0.2) is 0 Å². The molecule has 2 amide bonds. The number of hydrogen-bond acceptors (Lipinski definition) is 4. The van der Waals surface area contributed by atoms with Gasteiger partial charge in [0.1, 0.15) is 18.1 Å². The van der Waals surface area contributed by atoms with Crippen molar-refractivity contribution in [2.45, 2.75) is 6.92 Å². The van der Waals surface area contributed by atoms with Gasteiger partial charge in [0.25, 0.3) is 5.91 Å². The summed E-state index contributed by atoms with van der Waals surface area (Å²) in [5, 5.41) is 5.42. The number of benzene rings is 2. The van der Waals surface area contributed by atoms with Crippen LogP contribution in [0.15, 0.2) is 48.5 Å². The predicted octanol–water partition coefficient (Wildman–Crippen LogP) is 2.46. The van der Waals surface area contributed by atoms with Crippen LogP contribution >= 0.6 is 0 Å². The molecule has 6 nitrogen and oxygen atoms in total. The van der Waals surface area contributed by atoms with Gasteiger partial charge in [0, 0.05) is 18.2 Å². The molecule has 6 heteroatoms. The van der Waals surface area contributed by atoms with Gasteiger partial charge >= 0.3 is 0 Å². The second-order valence-corrected chi connectivity index (χ2v) is 5.04. The standard InChI is InChI=1S/C18H20N2O4/c1-13(21)20-15-5-3-4-14(12-15)18(22)19-10-11-24-17-8-6-16(23-2)7-9-17/h3-9,12H,10-11H2,1-2H3,(H,19,22)(H,20,21). The molecule has 0 aliphatic heterocycles. The van der Waals surface area contributed by atoms with Crippen molar-refractivity contribution in [2.24, 2.45) is 0 Å². The van der Waals surface area contributed by atoms with Crippen LogP contribution in [0.25, 0.3) is 0 Å². The summed E-state index contributed by atoms with van der Waals surface area (Å²) in [4.78, 5) is 23.1. The van der Waals surface area contributed by atoms with Crippen LogP contribution in [0.1, 0.15) is 17.3 Å². The normalized spacial score (nSPS) is 9.92. The monoisotopic (exact) mass is 328 g/mol. The Hall–Kier alpha value is -3.02. The molecule has 0 aliphatic rings. The molecule has 0 aliphatic carbocycles. The van der Waals surface area contributed by atoms with Crippen molar-refractivity contribution in [3.63, 3.8) is 0 Å². The van der Waals surface area contributed by atoms with E-state index in [1.165, 1.54) is 6.92 Å². The molecule has 2 aromatic carbocycles. The summed E-state index contributed by atoms with van der Waals surface area (Å²) in [5.41, 5.74) is 1.07. The van der Waals surface area contributed by atoms with E-state index in [4.69, 9.17) is 9.47 Å². The van der Waals surface area contributed by atoms with Gasteiger partial charge in [-0.25, -0.2) is 0 Å². The first-order chi connectivity index (χ1) is 11.6. The van der Waals surface area contributed by atoms with Gasteiger partial charge in [-0.2, -0.15) is 0 Å². The fraction of sp³-hybridized carbons (Fsp3) is 0.222. The Labute approximate surface area is 140 Å². The third-order valence-corrected chi connectivity index (χ3v) is 3.16. The number of carbonyl (C=O) groups is 2. The number of ether oxygens (including phenoxy) is 2. The van der Waals surface area contributed by atoms with E-state index < -0.39 is 0 Å². The third-order valence-electron chi connectivity index (χ3n) is 3.16. The first-order valence-corrected chi connectivity index (χ1v) is 7.51. The Morgan fingerprint density at radius 3 is 2.42 bits per heavy atom. The SMILES string of the molecule is COc1ccc(OCCNC(=O)c2cccc(NC(C)=O)c2)cc1. The average molecular weight is 328 g/mol. The highest BCUT2D eigenvalue weighted by Crippen LogP contribution is 2.16. The van der Waals surface area contributed by atoms with Crippen molar-refractivity contribution in [3.05, 3.63) is 54.1 Å². The molecule has 24 heavy (non-hydrogen) atoms. The van der Waals surface area contributed by atoms with Crippen LogP contribution in [-0.4, -0.2) is 32.1 Å². The first kappa shape index (κ1) is 17.3. The second kappa shape index (κ2) is 8.57. The van der Waals surface area contributed by atoms with Gasteiger partial charge < -0.3 is 20.1 Å². The molecule has 0 saturated heterocycles. The van der Waals surface area contributed by atoms with Gasteiger partial charge in [0.05, 0.1) is 13.7 Å². The molecule has 126 valence electrons. The molecule has 0 heterocycles. The van der Waals surface area contributed by atoms with Crippen molar-refractivity contribution in [3.8, 4) is 11.5 Å². The zero-order valence-electron chi connectivity index (χ0n) is 13.7. The maximum Gasteiger partial charge on any atom is 0.251 e. The summed E-state index contributed by atoms with van der Waals surface area (Å²) in [5.74, 6) is 1.06. The lowest BCUT2D eigenvalue weighted by Gasteiger charge is -2.09. The fourth-order valence-corrected chi connectivity index (χ4v) is 2.05. The second-order valence-electron chi connectivity index (χ2n) is 5.04. The van der Waals surface area contributed by atoms with Crippen LogP contribution in [0.3, 0.4) is 0 Å². The number of amides is 2. The van der Waals surface area contributed by atoms with E-state index in [2.05, 4.69) is 10.6 Å². The van der Waals surface area contributed by atoms with Gasteiger partial charge in [-0.3, -0.25) is 9.59 Å². The minimum Gasteiger partial charge on any atom is -0.497 e. The van der Waals surface area contributed by atoms with E-state index in [-0.39, 0.29) is 11.8 Å². The number of methoxy groups -OCH3 is 1. The molecule has 0 bridgehead atoms. The van der Waals surface area contributed by atoms with Crippen LogP contribution in [0.2, 0.25) is 0 Å². The van der Waals surface area contributed by atoms with Gasteiger partial charge in [-0.15, -0.1) is 0 Å². The largest absolute Gasteiger partial charge is 0.497 e. The maximum atomic E-state index is 12.1. The van der Waals surface area contributed by atoms with Crippen molar-refractivity contribution in [1.29, 1.82) is 0 Å². The highest BCUT2D eigenvalue weighted by molar-refractivity contribution is 5.96. The van der Waals surface area contributed by atoms with Crippen LogP contribution in [0, 0.1) is 0 Å². The maximum absolute atomic E-state index is 12.1.